The number of hydrogen-bond donors (Lipinski definition) is 5. The van der Waals surface area contributed by atoms with Crippen molar-refractivity contribution in [1.29, 1.82) is 0 Å². The van der Waals surface area contributed by atoms with Crippen molar-refractivity contribution in [3.63, 3.8) is 0 Å². The number of carbonyl (C=O) groups excluding carboxylic acids is 4. The monoisotopic (exact) mass is 942 g/mol. The van der Waals surface area contributed by atoms with Crippen LogP contribution in [-0.2, 0) is 31.9 Å². The van der Waals surface area contributed by atoms with E-state index in [0.29, 0.717) is 0 Å². The quantitative estimate of drug-likeness (QED) is 0.0609. The summed E-state index contributed by atoms with van der Waals surface area (Å²) in [5.74, 6) is -1.31. The molecular weight excluding hydrogens is 889 g/mol. The molecule has 11 heteroatoms. The second-order valence-corrected chi connectivity index (χ2v) is 18.3. The van der Waals surface area contributed by atoms with Gasteiger partial charge in [0.15, 0.2) is 0 Å². The van der Waals surface area contributed by atoms with Gasteiger partial charge in [-0.25, -0.2) is 9.59 Å². The first-order valence-corrected chi connectivity index (χ1v) is 24.2. The van der Waals surface area contributed by atoms with Gasteiger partial charge in [0.25, 0.3) is 0 Å². The van der Waals surface area contributed by atoms with Crippen LogP contribution in [0.1, 0.15) is 51.6 Å². The van der Waals surface area contributed by atoms with Crippen LogP contribution in [0.2, 0.25) is 0 Å². The summed E-state index contributed by atoms with van der Waals surface area (Å²) in [5, 5.41) is 26.1. The minimum atomic E-state index is -1.07. The van der Waals surface area contributed by atoms with Crippen LogP contribution in [-0.4, -0.2) is 73.6 Å². The number of carbonyl (C=O) groups is 4. The second kappa shape index (κ2) is 21.2. The fourth-order valence-corrected chi connectivity index (χ4v) is 10.2. The molecule has 0 aliphatic heterocycles. The molecule has 356 valence electrons. The van der Waals surface area contributed by atoms with Gasteiger partial charge >= 0.3 is 12.2 Å². The van der Waals surface area contributed by atoms with E-state index in [9.17, 15) is 24.3 Å². The minimum Gasteiger partial charge on any atom is -0.449 e. The van der Waals surface area contributed by atoms with Crippen LogP contribution in [0, 0.1) is 0 Å². The Morgan fingerprint density at radius 2 is 0.831 bits per heavy atom. The van der Waals surface area contributed by atoms with Crippen molar-refractivity contribution in [1.82, 2.24) is 21.3 Å². The van der Waals surface area contributed by atoms with Gasteiger partial charge in [0.05, 0.1) is 12.6 Å². The van der Waals surface area contributed by atoms with Gasteiger partial charge < -0.3 is 35.8 Å². The van der Waals surface area contributed by atoms with Crippen molar-refractivity contribution in [2.75, 3.05) is 26.4 Å². The summed E-state index contributed by atoms with van der Waals surface area (Å²) in [6.45, 7) is -0.227. The molecule has 0 bridgehead atoms. The number of ether oxygens (including phenoxy) is 2. The molecule has 10 rings (SSSR count). The standard InChI is InChI=1S/C60H54N4O7/c65-35-44(62-58(67)56(34-39-26-28-41-14-2-4-16-43(41)32-39)64-60(69)71-37-54-51-23-11-7-19-47(51)48-20-8-12-24-52(48)54)29-30-61-57(66)55(33-38-25-27-40-13-1-3-15-42(40)31-38)63-59(68)70-36-53-49-21-9-5-17-45(49)46-18-6-10-22-50(46)53/h1-28,31-32,44,53-56,65H,29-30,33-37H2,(H,61,66)(H,62,67)(H,63,68)(H,64,69). The number of aliphatic hydroxyl groups is 1. The van der Waals surface area contributed by atoms with E-state index < -0.39 is 48.7 Å². The normalized spacial score (nSPS) is 13.8. The van der Waals surface area contributed by atoms with Gasteiger partial charge in [-0.1, -0.05) is 182 Å². The number of hydrogen-bond acceptors (Lipinski definition) is 7. The predicted octanol–water partition coefficient (Wildman–Crippen LogP) is 9.58. The van der Waals surface area contributed by atoms with E-state index in [4.69, 9.17) is 9.47 Å². The smallest absolute Gasteiger partial charge is 0.407 e. The molecule has 2 aliphatic carbocycles. The molecule has 0 saturated heterocycles. The highest BCUT2D eigenvalue weighted by molar-refractivity contribution is 5.89. The number of alkyl carbamates (subject to hydrolysis) is 2. The zero-order valence-electron chi connectivity index (χ0n) is 39.1. The molecule has 3 unspecified atom stereocenters. The van der Waals surface area contributed by atoms with Crippen LogP contribution in [0.25, 0.3) is 43.8 Å². The van der Waals surface area contributed by atoms with E-state index in [1.54, 1.807) is 0 Å². The summed E-state index contributed by atoms with van der Waals surface area (Å²) in [7, 11) is 0. The van der Waals surface area contributed by atoms with Crippen LogP contribution in [0.15, 0.2) is 182 Å². The highest BCUT2D eigenvalue weighted by Gasteiger charge is 2.32. The lowest BCUT2D eigenvalue weighted by molar-refractivity contribution is -0.124. The maximum Gasteiger partial charge on any atom is 0.407 e. The van der Waals surface area contributed by atoms with Gasteiger partial charge in [-0.3, -0.25) is 9.59 Å². The molecule has 2 aliphatic rings. The predicted molar refractivity (Wildman–Crippen MR) is 276 cm³/mol. The molecular formula is C60H54N4O7. The second-order valence-electron chi connectivity index (χ2n) is 18.3. The van der Waals surface area contributed by atoms with Gasteiger partial charge in [-0.15, -0.1) is 0 Å². The average molecular weight is 943 g/mol. The van der Waals surface area contributed by atoms with Gasteiger partial charge in [0.1, 0.15) is 25.3 Å². The largest absolute Gasteiger partial charge is 0.449 e. The van der Waals surface area contributed by atoms with E-state index in [-0.39, 0.29) is 50.9 Å². The first kappa shape index (κ1) is 46.4. The Morgan fingerprint density at radius 3 is 1.25 bits per heavy atom. The third-order valence-corrected chi connectivity index (χ3v) is 13.8. The van der Waals surface area contributed by atoms with Crippen LogP contribution in [0.3, 0.4) is 0 Å². The highest BCUT2D eigenvalue weighted by atomic mass is 16.6. The van der Waals surface area contributed by atoms with E-state index in [0.717, 1.165) is 77.2 Å². The molecule has 0 fully saturated rings. The Kier molecular flexibility index (Phi) is 13.8. The Morgan fingerprint density at radius 1 is 0.451 bits per heavy atom. The number of fused-ring (bicyclic) bond motifs is 8. The molecule has 0 radical (unpaired) electrons. The molecule has 5 N–H and O–H groups in total. The van der Waals surface area contributed by atoms with Gasteiger partial charge in [0, 0.05) is 31.2 Å². The number of benzene rings is 8. The third-order valence-electron chi connectivity index (χ3n) is 13.8. The average Bonchev–Trinajstić information content (AvgIpc) is 3.90. The van der Waals surface area contributed by atoms with Crippen LogP contribution in [0.5, 0.6) is 0 Å². The Bertz CT molecular complexity index is 3170. The van der Waals surface area contributed by atoms with E-state index in [1.165, 1.54) is 0 Å². The molecule has 4 amide bonds. The van der Waals surface area contributed by atoms with E-state index in [2.05, 4.69) is 45.5 Å². The van der Waals surface area contributed by atoms with Crippen LogP contribution < -0.4 is 21.3 Å². The lowest BCUT2D eigenvalue weighted by Gasteiger charge is -2.24. The molecule has 0 aromatic heterocycles. The van der Waals surface area contributed by atoms with Gasteiger partial charge in [-0.2, -0.15) is 0 Å². The Balaban J connectivity index is 0.797. The van der Waals surface area contributed by atoms with Gasteiger partial charge in [-0.05, 0) is 83.6 Å². The van der Waals surface area contributed by atoms with Crippen molar-refractivity contribution in [3.05, 3.63) is 215 Å². The Hall–Kier alpha value is -8.28. The molecule has 0 saturated carbocycles. The third kappa shape index (κ3) is 10.4. The van der Waals surface area contributed by atoms with Crippen molar-refractivity contribution >= 4 is 45.5 Å². The number of nitrogens with one attached hydrogen (secondary N) is 4. The summed E-state index contributed by atoms with van der Waals surface area (Å²) < 4.78 is 11.7. The van der Waals surface area contributed by atoms with Crippen LogP contribution >= 0.6 is 0 Å². The number of amides is 4. The molecule has 11 nitrogen and oxygen atoms in total. The summed E-state index contributed by atoms with van der Waals surface area (Å²) in [4.78, 5) is 55.5. The first-order valence-electron chi connectivity index (χ1n) is 24.2. The van der Waals surface area contributed by atoms with Crippen molar-refractivity contribution in [2.45, 2.75) is 49.2 Å². The van der Waals surface area contributed by atoms with E-state index >= 15 is 0 Å². The fraction of sp³-hybridized carbons (Fsp3) is 0.200. The van der Waals surface area contributed by atoms with Gasteiger partial charge in [0.2, 0.25) is 11.8 Å². The fourth-order valence-electron chi connectivity index (χ4n) is 10.2. The first-order chi connectivity index (χ1) is 34.8. The Labute approximate surface area is 412 Å². The molecule has 0 spiro atoms. The zero-order chi connectivity index (χ0) is 48.7. The zero-order valence-corrected chi connectivity index (χ0v) is 39.1. The van der Waals surface area contributed by atoms with Crippen molar-refractivity contribution in [3.8, 4) is 22.3 Å². The van der Waals surface area contributed by atoms with Crippen molar-refractivity contribution < 1.29 is 33.8 Å². The summed E-state index contributed by atoms with van der Waals surface area (Å²) in [6.07, 6.45) is -1.00. The minimum absolute atomic E-state index is 0.0556. The topological polar surface area (TPSA) is 155 Å². The maximum absolute atomic E-state index is 14.2. The number of aliphatic hydroxyl groups excluding tert-OH is 1. The summed E-state index contributed by atoms with van der Waals surface area (Å²) in [6, 6.07) is 57.1. The molecule has 0 heterocycles. The lowest BCUT2D eigenvalue weighted by atomic mass is 9.98. The molecule has 8 aromatic carbocycles. The molecule has 8 aromatic rings. The highest BCUT2D eigenvalue weighted by Crippen LogP contribution is 2.45. The number of rotatable bonds is 17. The summed E-state index contributed by atoms with van der Waals surface area (Å²) >= 11 is 0. The van der Waals surface area contributed by atoms with E-state index in [1.807, 2.05) is 158 Å². The lowest BCUT2D eigenvalue weighted by Crippen LogP contribution is -2.52. The SMILES string of the molecule is O=C(NC(Cc1ccc2ccccc2c1)C(=O)NCCC(CO)NC(=O)C(Cc1ccc2ccccc2c1)NC(=O)OCC1c2ccccc2-c2ccccc21)OCC1c2ccccc2-c2ccccc21. The molecule has 3 atom stereocenters. The van der Waals surface area contributed by atoms with Crippen molar-refractivity contribution in [2.24, 2.45) is 0 Å². The maximum atomic E-state index is 14.2. The summed E-state index contributed by atoms with van der Waals surface area (Å²) in [5.41, 5.74) is 10.4. The van der Waals surface area contributed by atoms with Crippen LogP contribution in [0.4, 0.5) is 9.59 Å². The molecule has 71 heavy (non-hydrogen) atoms.